The number of aryl methyl sites for hydroxylation is 1. The summed E-state index contributed by atoms with van der Waals surface area (Å²) in [5, 5.41) is 21.0. The number of likely N-dealkylation sites (tertiary alicyclic amines) is 1. The number of para-hydroxylation sites is 1. The molecule has 0 aliphatic carbocycles. The highest BCUT2D eigenvalue weighted by Gasteiger charge is 2.42. The quantitative estimate of drug-likeness (QED) is 0.558. The van der Waals surface area contributed by atoms with Crippen LogP contribution >= 0.6 is 0 Å². The minimum absolute atomic E-state index is 0.0961. The lowest BCUT2D eigenvalue weighted by molar-refractivity contribution is -0.165. The highest BCUT2D eigenvalue weighted by molar-refractivity contribution is 5.78. The lowest BCUT2D eigenvalue weighted by Gasteiger charge is -2.40. The molecule has 2 atom stereocenters. The maximum atomic E-state index is 13.3. The Morgan fingerprint density at radius 1 is 1.03 bits per heavy atom. The number of benzene rings is 1. The van der Waals surface area contributed by atoms with E-state index >= 15 is 0 Å². The van der Waals surface area contributed by atoms with Crippen LogP contribution in [-0.2, 0) is 20.9 Å². The number of aliphatic hydroxyl groups excluding tert-OH is 2. The number of carbonyl (C=O) groups is 2. The molecule has 0 saturated carbocycles. The standard InChI is InChI=1S/C30H41N3O6/c1-23-8-2-3-10-27(23)38-22-28(36)33-16-7-5-12-30(29(37)39-21-26(35)25(34)11-17-33)13-18-32(19-14-30)20-24-9-4-6-15-31-24/h2-4,6,8-10,15,25-26,34-35H,5,7,11-14,16-22H2,1H3/t25-,26+/m0/s1. The number of cyclic esters (lactones) is 1. The lowest BCUT2D eigenvalue weighted by Crippen LogP contribution is -2.46. The van der Waals surface area contributed by atoms with Crippen molar-refractivity contribution in [1.82, 2.24) is 14.8 Å². The van der Waals surface area contributed by atoms with Gasteiger partial charge < -0.3 is 24.6 Å². The summed E-state index contributed by atoms with van der Waals surface area (Å²) in [7, 11) is 0. The van der Waals surface area contributed by atoms with Crippen molar-refractivity contribution in [2.75, 3.05) is 39.4 Å². The van der Waals surface area contributed by atoms with Gasteiger partial charge >= 0.3 is 5.97 Å². The predicted octanol–water partition coefficient (Wildman–Crippen LogP) is 2.72. The zero-order chi connectivity index (χ0) is 27.7. The van der Waals surface area contributed by atoms with Crippen molar-refractivity contribution < 1.29 is 29.3 Å². The van der Waals surface area contributed by atoms with Gasteiger partial charge in [-0.3, -0.25) is 19.5 Å². The molecule has 9 heteroatoms. The van der Waals surface area contributed by atoms with Crippen LogP contribution in [0.1, 0.15) is 49.8 Å². The number of hydrogen-bond acceptors (Lipinski definition) is 8. The predicted molar refractivity (Wildman–Crippen MR) is 146 cm³/mol. The van der Waals surface area contributed by atoms with Crippen LogP contribution in [0, 0.1) is 12.3 Å². The Morgan fingerprint density at radius 2 is 1.79 bits per heavy atom. The molecule has 1 amide bonds. The molecule has 2 saturated heterocycles. The van der Waals surface area contributed by atoms with Gasteiger partial charge in [0.15, 0.2) is 6.61 Å². The van der Waals surface area contributed by atoms with Crippen molar-refractivity contribution in [1.29, 1.82) is 0 Å². The molecular formula is C30H41N3O6. The number of aliphatic hydroxyl groups is 2. The largest absolute Gasteiger partial charge is 0.484 e. The van der Waals surface area contributed by atoms with Gasteiger partial charge in [-0.1, -0.05) is 30.7 Å². The minimum atomic E-state index is -1.21. The number of ether oxygens (including phenoxy) is 2. The molecule has 3 heterocycles. The molecule has 9 nitrogen and oxygen atoms in total. The molecule has 1 aromatic carbocycles. The SMILES string of the molecule is Cc1ccccc1OCC(=O)N1CCCCC2(CCN(Cc3ccccn3)CC2)C(=O)OC[C@@H](O)[C@@H](O)CC1. The molecule has 1 spiro atoms. The summed E-state index contributed by atoms with van der Waals surface area (Å²) in [5.41, 5.74) is 1.32. The van der Waals surface area contributed by atoms with E-state index in [1.165, 1.54) is 0 Å². The number of esters is 1. The van der Waals surface area contributed by atoms with Crippen molar-refractivity contribution in [3.8, 4) is 5.75 Å². The monoisotopic (exact) mass is 539 g/mol. The fourth-order valence-electron chi connectivity index (χ4n) is 5.40. The van der Waals surface area contributed by atoms with E-state index in [2.05, 4.69) is 9.88 Å². The molecule has 2 aliphatic heterocycles. The van der Waals surface area contributed by atoms with Crippen LogP contribution in [0.15, 0.2) is 48.7 Å². The van der Waals surface area contributed by atoms with Gasteiger partial charge in [-0.05, 0) is 75.9 Å². The number of aromatic nitrogens is 1. The van der Waals surface area contributed by atoms with E-state index in [0.29, 0.717) is 31.6 Å². The van der Waals surface area contributed by atoms with Gasteiger partial charge in [-0.25, -0.2) is 0 Å². The van der Waals surface area contributed by atoms with E-state index in [1.807, 2.05) is 49.4 Å². The molecular weight excluding hydrogens is 498 g/mol. The topological polar surface area (TPSA) is 112 Å². The number of hydrogen-bond donors (Lipinski definition) is 2. The summed E-state index contributed by atoms with van der Waals surface area (Å²) < 4.78 is 11.4. The molecule has 1 aromatic heterocycles. The van der Waals surface area contributed by atoms with Gasteiger partial charge in [-0.2, -0.15) is 0 Å². The molecule has 2 aromatic rings. The first-order valence-corrected chi connectivity index (χ1v) is 14.0. The summed E-state index contributed by atoms with van der Waals surface area (Å²) >= 11 is 0. The number of nitrogens with zero attached hydrogens (tertiary/aromatic N) is 3. The zero-order valence-corrected chi connectivity index (χ0v) is 22.8. The van der Waals surface area contributed by atoms with Crippen LogP contribution in [-0.4, -0.2) is 88.5 Å². The normalized spacial score (nSPS) is 23.3. The number of pyridine rings is 1. The first-order valence-electron chi connectivity index (χ1n) is 14.0. The van der Waals surface area contributed by atoms with Crippen LogP contribution in [0.25, 0.3) is 0 Å². The summed E-state index contributed by atoms with van der Waals surface area (Å²) in [4.78, 5) is 34.8. The van der Waals surface area contributed by atoms with Crippen molar-refractivity contribution >= 4 is 11.9 Å². The van der Waals surface area contributed by atoms with Crippen LogP contribution in [0.5, 0.6) is 5.75 Å². The van der Waals surface area contributed by atoms with Gasteiger partial charge in [0.05, 0.1) is 17.2 Å². The van der Waals surface area contributed by atoms with E-state index in [4.69, 9.17) is 9.47 Å². The highest BCUT2D eigenvalue weighted by Crippen LogP contribution is 2.38. The Kier molecular flexibility index (Phi) is 10.3. The average Bonchev–Trinajstić information content (AvgIpc) is 2.96. The van der Waals surface area contributed by atoms with E-state index in [9.17, 15) is 19.8 Å². The van der Waals surface area contributed by atoms with Crippen LogP contribution < -0.4 is 4.74 Å². The molecule has 0 radical (unpaired) electrons. The third kappa shape index (κ3) is 8.00. The number of rotatable bonds is 5. The number of carbonyl (C=O) groups excluding carboxylic acids is 2. The Balaban J connectivity index is 1.38. The van der Waals surface area contributed by atoms with E-state index < -0.39 is 17.6 Å². The van der Waals surface area contributed by atoms with E-state index in [1.54, 1.807) is 11.1 Å². The second-order valence-electron chi connectivity index (χ2n) is 10.8. The van der Waals surface area contributed by atoms with Gasteiger partial charge in [-0.15, -0.1) is 0 Å². The molecule has 0 bridgehead atoms. The molecule has 2 aliphatic rings. The number of amides is 1. The third-order valence-corrected chi connectivity index (χ3v) is 8.01. The average molecular weight is 540 g/mol. The maximum absolute atomic E-state index is 13.3. The van der Waals surface area contributed by atoms with E-state index in [0.717, 1.165) is 43.7 Å². The van der Waals surface area contributed by atoms with Crippen molar-refractivity contribution in [3.63, 3.8) is 0 Å². The molecule has 212 valence electrons. The first-order chi connectivity index (χ1) is 18.9. The molecule has 2 N–H and O–H groups in total. The van der Waals surface area contributed by atoms with Gasteiger partial charge in [0.2, 0.25) is 0 Å². The molecule has 0 unspecified atom stereocenters. The zero-order valence-electron chi connectivity index (χ0n) is 22.8. The molecule has 2 fully saturated rings. The van der Waals surface area contributed by atoms with Crippen LogP contribution in [0.3, 0.4) is 0 Å². The third-order valence-electron chi connectivity index (χ3n) is 8.01. The van der Waals surface area contributed by atoms with Crippen molar-refractivity contribution in [3.05, 3.63) is 59.9 Å². The second kappa shape index (κ2) is 13.9. The second-order valence-corrected chi connectivity index (χ2v) is 10.8. The number of piperidine rings is 1. The fourth-order valence-corrected chi connectivity index (χ4v) is 5.40. The lowest BCUT2D eigenvalue weighted by atomic mass is 9.74. The van der Waals surface area contributed by atoms with Crippen LogP contribution in [0.2, 0.25) is 0 Å². The fraction of sp³-hybridized carbons (Fsp3) is 0.567. The van der Waals surface area contributed by atoms with Crippen LogP contribution in [0.4, 0.5) is 0 Å². The van der Waals surface area contributed by atoms with Gasteiger partial charge in [0.25, 0.3) is 5.91 Å². The Hall–Kier alpha value is -3.01. The molecule has 39 heavy (non-hydrogen) atoms. The van der Waals surface area contributed by atoms with Crippen molar-refractivity contribution in [2.24, 2.45) is 5.41 Å². The smallest absolute Gasteiger partial charge is 0.312 e. The summed E-state index contributed by atoms with van der Waals surface area (Å²) in [6, 6.07) is 13.4. The van der Waals surface area contributed by atoms with E-state index in [-0.39, 0.29) is 38.1 Å². The maximum Gasteiger partial charge on any atom is 0.312 e. The minimum Gasteiger partial charge on any atom is -0.484 e. The molecule has 4 rings (SSSR count). The highest BCUT2D eigenvalue weighted by atomic mass is 16.5. The summed E-state index contributed by atoms with van der Waals surface area (Å²) in [6.07, 6.45) is 3.11. The Bertz CT molecular complexity index is 1070. The summed E-state index contributed by atoms with van der Waals surface area (Å²) in [6.45, 7) is 4.59. The Morgan fingerprint density at radius 3 is 2.54 bits per heavy atom. The van der Waals surface area contributed by atoms with Gasteiger partial charge in [0, 0.05) is 25.8 Å². The first kappa shape index (κ1) is 29.0. The Labute approximate surface area is 230 Å². The van der Waals surface area contributed by atoms with Gasteiger partial charge in [0.1, 0.15) is 18.5 Å². The van der Waals surface area contributed by atoms with Crippen molar-refractivity contribution in [2.45, 2.75) is 64.2 Å². The summed E-state index contributed by atoms with van der Waals surface area (Å²) in [5.74, 6) is 0.198.